The number of hydrogen-bond acceptors (Lipinski definition) is 4. The van der Waals surface area contributed by atoms with Gasteiger partial charge in [0.25, 0.3) is 5.69 Å². The van der Waals surface area contributed by atoms with Gasteiger partial charge in [-0.25, -0.2) is 0 Å². The molecular formula is C11H17N3O2. The highest BCUT2D eigenvalue weighted by Crippen LogP contribution is 2.24. The van der Waals surface area contributed by atoms with E-state index in [4.69, 9.17) is 5.73 Å². The molecule has 0 fully saturated rings. The SMILES string of the molecule is CCC(C)CNc1ccc([N+](=O)[O-])cc1N. The summed E-state index contributed by atoms with van der Waals surface area (Å²) in [5.74, 6) is 0.551. The second-order valence-corrected chi connectivity index (χ2v) is 3.92. The molecule has 0 aliphatic rings. The van der Waals surface area contributed by atoms with Gasteiger partial charge in [-0.15, -0.1) is 0 Å². The number of rotatable bonds is 5. The van der Waals surface area contributed by atoms with Crippen LogP contribution in [0.4, 0.5) is 17.1 Å². The van der Waals surface area contributed by atoms with Crippen molar-refractivity contribution in [3.05, 3.63) is 28.3 Å². The number of hydrogen-bond donors (Lipinski definition) is 2. The number of anilines is 2. The van der Waals surface area contributed by atoms with Crippen LogP contribution in [-0.4, -0.2) is 11.5 Å². The predicted octanol–water partition coefficient (Wildman–Crippen LogP) is 2.63. The molecule has 1 rings (SSSR count). The Kier molecular flexibility index (Phi) is 4.10. The maximum Gasteiger partial charge on any atom is 0.271 e. The monoisotopic (exact) mass is 223 g/mol. The average molecular weight is 223 g/mol. The Morgan fingerprint density at radius 3 is 2.75 bits per heavy atom. The van der Waals surface area contributed by atoms with E-state index < -0.39 is 4.92 Å². The van der Waals surface area contributed by atoms with E-state index in [1.165, 1.54) is 12.1 Å². The Bertz CT molecular complexity index is 379. The first kappa shape index (κ1) is 12.3. The second-order valence-electron chi connectivity index (χ2n) is 3.92. The van der Waals surface area contributed by atoms with Crippen molar-refractivity contribution in [2.24, 2.45) is 5.92 Å². The topological polar surface area (TPSA) is 81.2 Å². The maximum atomic E-state index is 10.5. The van der Waals surface area contributed by atoms with Crippen LogP contribution >= 0.6 is 0 Å². The normalized spacial score (nSPS) is 12.1. The van der Waals surface area contributed by atoms with Crippen molar-refractivity contribution in [2.45, 2.75) is 20.3 Å². The number of nitro benzene ring substituents is 1. The Morgan fingerprint density at radius 1 is 1.56 bits per heavy atom. The van der Waals surface area contributed by atoms with Crippen molar-refractivity contribution in [1.82, 2.24) is 0 Å². The molecular weight excluding hydrogens is 206 g/mol. The van der Waals surface area contributed by atoms with Crippen LogP contribution in [0, 0.1) is 16.0 Å². The van der Waals surface area contributed by atoms with Gasteiger partial charge in [-0.3, -0.25) is 10.1 Å². The van der Waals surface area contributed by atoms with Crippen molar-refractivity contribution in [3.63, 3.8) is 0 Å². The largest absolute Gasteiger partial charge is 0.397 e. The number of nitrogen functional groups attached to an aromatic ring is 1. The molecule has 5 nitrogen and oxygen atoms in total. The van der Waals surface area contributed by atoms with Gasteiger partial charge >= 0.3 is 0 Å². The van der Waals surface area contributed by atoms with Gasteiger partial charge in [0.1, 0.15) is 0 Å². The summed E-state index contributed by atoms with van der Waals surface area (Å²) in [5, 5.41) is 13.7. The molecule has 1 aromatic rings. The van der Waals surface area contributed by atoms with Crippen LogP contribution in [0.3, 0.4) is 0 Å². The van der Waals surface area contributed by atoms with E-state index in [1.807, 2.05) is 0 Å². The highest BCUT2D eigenvalue weighted by Gasteiger charge is 2.08. The maximum absolute atomic E-state index is 10.5. The number of nitrogens with zero attached hydrogens (tertiary/aromatic N) is 1. The van der Waals surface area contributed by atoms with Crippen LogP contribution in [0.15, 0.2) is 18.2 Å². The molecule has 5 heteroatoms. The molecule has 88 valence electrons. The summed E-state index contributed by atoms with van der Waals surface area (Å²) in [6.07, 6.45) is 1.08. The predicted molar refractivity (Wildman–Crippen MR) is 65.5 cm³/mol. The van der Waals surface area contributed by atoms with Crippen molar-refractivity contribution >= 4 is 17.1 Å². The summed E-state index contributed by atoms with van der Waals surface area (Å²) in [6.45, 7) is 5.07. The minimum Gasteiger partial charge on any atom is -0.397 e. The van der Waals surface area contributed by atoms with Gasteiger partial charge in [0, 0.05) is 18.7 Å². The molecule has 0 aliphatic carbocycles. The van der Waals surface area contributed by atoms with Crippen molar-refractivity contribution in [3.8, 4) is 0 Å². The van der Waals surface area contributed by atoms with E-state index in [-0.39, 0.29) is 5.69 Å². The Balaban J connectivity index is 2.72. The number of benzene rings is 1. The third kappa shape index (κ3) is 3.12. The summed E-state index contributed by atoms with van der Waals surface area (Å²) in [5.41, 5.74) is 6.91. The molecule has 0 amide bonds. The molecule has 0 heterocycles. The van der Waals surface area contributed by atoms with E-state index in [9.17, 15) is 10.1 Å². The molecule has 0 aromatic heterocycles. The summed E-state index contributed by atoms with van der Waals surface area (Å²) in [6, 6.07) is 4.48. The Labute approximate surface area is 94.8 Å². The Hall–Kier alpha value is -1.78. The zero-order valence-electron chi connectivity index (χ0n) is 9.56. The van der Waals surface area contributed by atoms with Crippen molar-refractivity contribution < 1.29 is 4.92 Å². The number of nitrogens with two attached hydrogens (primary N) is 1. The number of nitro groups is 1. The van der Waals surface area contributed by atoms with Crippen molar-refractivity contribution in [2.75, 3.05) is 17.6 Å². The molecule has 0 aliphatic heterocycles. The highest BCUT2D eigenvalue weighted by atomic mass is 16.6. The lowest BCUT2D eigenvalue weighted by molar-refractivity contribution is -0.384. The highest BCUT2D eigenvalue weighted by molar-refractivity contribution is 5.69. The lowest BCUT2D eigenvalue weighted by Gasteiger charge is -2.12. The van der Waals surface area contributed by atoms with Gasteiger partial charge in [-0.05, 0) is 12.0 Å². The molecule has 0 saturated heterocycles. The summed E-state index contributed by atoms with van der Waals surface area (Å²) in [4.78, 5) is 10.1. The first-order valence-corrected chi connectivity index (χ1v) is 5.32. The quantitative estimate of drug-likeness (QED) is 0.456. The van der Waals surface area contributed by atoms with E-state index in [0.29, 0.717) is 11.6 Å². The molecule has 1 unspecified atom stereocenters. The van der Waals surface area contributed by atoms with Gasteiger partial charge in [0.15, 0.2) is 0 Å². The van der Waals surface area contributed by atoms with E-state index in [1.54, 1.807) is 6.07 Å². The lowest BCUT2D eigenvalue weighted by atomic mass is 10.1. The third-order valence-corrected chi connectivity index (χ3v) is 2.58. The van der Waals surface area contributed by atoms with Gasteiger partial charge in [-0.2, -0.15) is 0 Å². The smallest absolute Gasteiger partial charge is 0.271 e. The molecule has 1 aromatic carbocycles. The van der Waals surface area contributed by atoms with Gasteiger partial charge < -0.3 is 11.1 Å². The summed E-state index contributed by atoms with van der Waals surface area (Å²) in [7, 11) is 0. The zero-order chi connectivity index (χ0) is 12.1. The fourth-order valence-electron chi connectivity index (χ4n) is 1.25. The second kappa shape index (κ2) is 5.34. The average Bonchev–Trinajstić information content (AvgIpc) is 2.26. The molecule has 0 saturated carbocycles. The van der Waals surface area contributed by atoms with Crippen LogP contribution in [0.2, 0.25) is 0 Å². The van der Waals surface area contributed by atoms with E-state index in [2.05, 4.69) is 19.2 Å². The van der Waals surface area contributed by atoms with E-state index >= 15 is 0 Å². The van der Waals surface area contributed by atoms with Crippen LogP contribution in [-0.2, 0) is 0 Å². The first-order chi connectivity index (χ1) is 7.54. The fraction of sp³-hybridized carbons (Fsp3) is 0.455. The van der Waals surface area contributed by atoms with Gasteiger partial charge in [0.05, 0.1) is 16.3 Å². The zero-order valence-corrected chi connectivity index (χ0v) is 9.56. The standard InChI is InChI=1S/C11H17N3O2/c1-3-8(2)7-13-11-5-4-9(14(15)16)6-10(11)12/h4-6,8,13H,3,7,12H2,1-2H3. The molecule has 0 spiro atoms. The molecule has 3 N–H and O–H groups in total. The summed E-state index contributed by atoms with van der Waals surface area (Å²) < 4.78 is 0. The number of nitrogens with one attached hydrogen (secondary N) is 1. The third-order valence-electron chi connectivity index (χ3n) is 2.58. The first-order valence-electron chi connectivity index (χ1n) is 5.32. The Morgan fingerprint density at radius 2 is 2.25 bits per heavy atom. The van der Waals surface area contributed by atoms with Gasteiger partial charge in [0.2, 0.25) is 0 Å². The van der Waals surface area contributed by atoms with Crippen molar-refractivity contribution in [1.29, 1.82) is 0 Å². The molecule has 16 heavy (non-hydrogen) atoms. The van der Waals surface area contributed by atoms with Crippen LogP contribution in [0.1, 0.15) is 20.3 Å². The van der Waals surface area contributed by atoms with Crippen LogP contribution in [0.5, 0.6) is 0 Å². The van der Waals surface area contributed by atoms with Gasteiger partial charge in [-0.1, -0.05) is 20.3 Å². The minimum absolute atomic E-state index is 0.0200. The van der Waals surface area contributed by atoms with Crippen LogP contribution in [0.25, 0.3) is 0 Å². The molecule has 0 radical (unpaired) electrons. The van der Waals surface area contributed by atoms with Crippen LogP contribution < -0.4 is 11.1 Å². The summed E-state index contributed by atoms with van der Waals surface area (Å²) >= 11 is 0. The molecule has 1 atom stereocenters. The number of non-ortho nitro benzene ring substituents is 1. The minimum atomic E-state index is -0.450. The lowest BCUT2D eigenvalue weighted by Crippen LogP contribution is -2.11. The fourth-order valence-corrected chi connectivity index (χ4v) is 1.25. The molecule has 0 bridgehead atoms. The van der Waals surface area contributed by atoms with E-state index in [0.717, 1.165) is 18.7 Å².